The van der Waals surface area contributed by atoms with Crippen molar-refractivity contribution >= 4 is 78.4 Å². The Morgan fingerprint density at radius 1 is 0.667 bits per heavy atom. The summed E-state index contributed by atoms with van der Waals surface area (Å²) in [6.07, 6.45) is 0.485. The van der Waals surface area contributed by atoms with Gasteiger partial charge in [0.1, 0.15) is 29.0 Å². The highest BCUT2D eigenvalue weighted by atomic mass is 32.2. The summed E-state index contributed by atoms with van der Waals surface area (Å²) in [5, 5.41) is 11.8. The van der Waals surface area contributed by atoms with Gasteiger partial charge in [0.25, 0.3) is 5.69 Å². The number of methoxy groups -OCH3 is 2. The summed E-state index contributed by atoms with van der Waals surface area (Å²) in [4.78, 5) is 91.8. The van der Waals surface area contributed by atoms with E-state index in [1.54, 1.807) is 69.2 Å². The molecule has 0 radical (unpaired) electrons. The fraction of sp³-hybridized carbons (Fsp3) is 0.571. The van der Waals surface area contributed by atoms with Crippen LogP contribution in [0.15, 0.2) is 34.1 Å². The van der Waals surface area contributed by atoms with Crippen molar-refractivity contribution in [3.05, 3.63) is 45.5 Å². The Labute approximate surface area is 384 Å². The van der Waals surface area contributed by atoms with Crippen LogP contribution >= 0.6 is 0 Å². The number of benzene rings is 2. The molecule has 2 heterocycles. The Balaban J connectivity index is 0.000000351. The number of nitro groups is 1. The first-order valence-corrected chi connectivity index (χ1v) is 24.3. The molecule has 2 aliphatic rings. The molecule has 66 heavy (non-hydrogen) atoms. The molecule has 0 saturated carbocycles. The van der Waals surface area contributed by atoms with Crippen molar-refractivity contribution in [1.29, 1.82) is 0 Å². The second-order valence-electron chi connectivity index (χ2n) is 18.2. The summed E-state index contributed by atoms with van der Waals surface area (Å²) in [6, 6.07) is 2.27. The molecule has 2 aromatic rings. The Morgan fingerprint density at radius 3 is 1.33 bits per heavy atom. The van der Waals surface area contributed by atoms with Gasteiger partial charge in [-0.1, -0.05) is 27.7 Å². The molecule has 366 valence electrons. The van der Waals surface area contributed by atoms with E-state index in [1.807, 2.05) is 0 Å². The number of hydrogen-bond acceptors (Lipinski definition) is 17. The molecule has 22 nitrogen and oxygen atoms in total. The lowest BCUT2D eigenvalue weighted by Crippen LogP contribution is -2.61. The van der Waals surface area contributed by atoms with Crippen LogP contribution in [0, 0.1) is 22.0 Å². The summed E-state index contributed by atoms with van der Waals surface area (Å²) in [7, 11) is -5.72. The highest BCUT2D eigenvalue weighted by molar-refractivity contribution is 7.91. The SMILES string of the molecule is COC(=O)c1cc(N)c(N2CCN(C(=O)OC(C)(C)C)[C@H](C(C)C)C2=O)cc1S(C)(=O)=O.COC(=O)c1cc([N+](=O)[O-])c(N2CCN(C(=O)OC(C)(C)C)[C@H](C(C)C)C2=O)cc1S(C)(=O)=O. The number of hydrogen-bond donors (Lipinski definition) is 1. The van der Waals surface area contributed by atoms with Crippen LogP contribution in [0.2, 0.25) is 0 Å². The number of nitrogen functional groups attached to an aromatic ring is 1. The topological polar surface area (TPSA) is 290 Å². The van der Waals surface area contributed by atoms with Crippen LogP contribution in [0.4, 0.5) is 32.3 Å². The van der Waals surface area contributed by atoms with Gasteiger partial charge < -0.3 is 34.5 Å². The number of piperazine rings is 2. The van der Waals surface area contributed by atoms with E-state index in [-0.39, 0.29) is 65.5 Å². The first-order chi connectivity index (χ1) is 30.1. The average Bonchev–Trinajstić information content (AvgIpc) is 3.17. The molecule has 0 unspecified atom stereocenters. The quantitative estimate of drug-likeness (QED) is 0.119. The molecular formula is C42H60N6O16S2. The number of nitrogens with zero attached hydrogens (tertiary/aromatic N) is 5. The zero-order valence-electron chi connectivity index (χ0n) is 39.6. The maximum atomic E-state index is 13.5. The largest absolute Gasteiger partial charge is 0.465 e. The van der Waals surface area contributed by atoms with Gasteiger partial charge in [-0.15, -0.1) is 0 Å². The van der Waals surface area contributed by atoms with Crippen molar-refractivity contribution in [2.75, 3.05) is 68.4 Å². The van der Waals surface area contributed by atoms with E-state index in [9.17, 15) is 55.7 Å². The third kappa shape index (κ3) is 12.6. The van der Waals surface area contributed by atoms with Crippen LogP contribution in [0.3, 0.4) is 0 Å². The standard InChI is InChI=1S/C21H29N3O9S.C21H31N3O7S/c1-12(2)17-18(25)22(8-9-23(17)20(27)33-21(3,4)5)14-11-16(34(7,30)31)13(19(26)32-6)10-15(14)24(28)29;1-12(2)17-18(25)23(8-9-24(17)20(27)31-21(3,4)5)15-11-16(32(7,28)29)13(10-14(15)22)19(26)30-6/h10-12,17H,8-9H2,1-7H3;10-12,17H,8-9,22H2,1-7H3/t2*17-/m11/s1. The fourth-order valence-electron chi connectivity index (χ4n) is 7.21. The van der Waals surface area contributed by atoms with E-state index in [2.05, 4.69) is 9.47 Å². The number of esters is 2. The lowest BCUT2D eigenvalue weighted by Gasteiger charge is -2.42. The molecule has 24 heteroatoms. The molecule has 2 N–H and O–H groups in total. The number of carbonyl (C=O) groups excluding carboxylic acids is 6. The molecule has 2 saturated heterocycles. The minimum atomic E-state index is -4.03. The molecule has 4 rings (SSSR count). The van der Waals surface area contributed by atoms with Crippen molar-refractivity contribution in [3.8, 4) is 0 Å². The van der Waals surface area contributed by atoms with Gasteiger partial charge in [0.15, 0.2) is 19.7 Å². The average molecular weight is 969 g/mol. The number of ether oxygens (including phenoxy) is 4. The van der Waals surface area contributed by atoms with Crippen LogP contribution in [-0.4, -0.2) is 144 Å². The Bertz CT molecular complexity index is 2490. The fourth-order valence-corrected chi connectivity index (χ4v) is 8.95. The van der Waals surface area contributed by atoms with Gasteiger partial charge in [-0.3, -0.25) is 29.5 Å². The van der Waals surface area contributed by atoms with Crippen molar-refractivity contribution in [2.45, 2.75) is 102 Å². The summed E-state index contributed by atoms with van der Waals surface area (Å²) in [6.45, 7) is 17.4. The van der Waals surface area contributed by atoms with E-state index >= 15 is 0 Å². The molecule has 0 aliphatic carbocycles. The molecule has 2 fully saturated rings. The Hall–Kier alpha value is -6.04. The maximum Gasteiger partial charge on any atom is 0.411 e. The molecular weight excluding hydrogens is 909 g/mol. The predicted molar refractivity (Wildman–Crippen MR) is 241 cm³/mol. The van der Waals surface area contributed by atoms with E-state index in [0.29, 0.717) is 0 Å². The first kappa shape index (κ1) is 54.3. The number of carbonyl (C=O) groups is 6. The molecule has 4 amide bonds. The van der Waals surface area contributed by atoms with E-state index in [4.69, 9.17) is 15.2 Å². The summed E-state index contributed by atoms with van der Waals surface area (Å²) in [5.41, 5.74) is 3.12. The van der Waals surface area contributed by atoms with Gasteiger partial charge in [-0.05, 0) is 71.6 Å². The summed E-state index contributed by atoms with van der Waals surface area (Å²) < 4.78 is 69.5. The van der Waals surface area contributed by atoms with Gasteiger partial charge in [-0.25, -0.2) is 36.0 Å². The number of amides is 4. The molecule has 0 spiro atoms. The molecule has 0 bridgehead atoms. The van der Waals surface area contributed by atoms with Gasteiger partial charge in [0, 0.05) is 44.8 Å². The second kappa shape index (κ2) is 20.2. The van der Waals surface area contributed by atoms with E-state index in [1.165, 1.54) is 26.8 Å². The zero-order chi connectivity index (χ0) is 50.8. The predicted octanol–water partition coefficient (Wildman–Crippen LogP) is 4.46. The Morgan fingerprint density at radius 2 is 1.02 bits per heavy atom. The monoisotopic (exact) mass is 968 g/mol. The minimum absolute atomic E-state index is 0.00633. The summed E-state index contributed by atoms with van der Waals surface area (Å²) in [5.74, 6) is -3.62. The number of nitro benzene ring substituents is 1. The number of sulfone groups is 2. The lowest BCUT2D eigenvalue weighted by atomic mass is 9.98. The highest BCUT2D eigenvalue weighted by Gasteiger charge is 2.45. The zero-order valence-corrected chi connectivity index (χ0v) is 41.2. The number of anilines is 3. The van der Waals surface area contributed by atoms with Gasteiger partial charge in [0.05, 0.1) is 51.4 Å². The number of rotatable bonds is 9. The summed E-state index contributed by atoms with van der Waals surface area (Å²) >= 11 is 0. The van der Waals surface area contributed by atoms with Crippen molar-refractivity contribution in [3.63, 3.8) is 0 Å². The third-order valence-electron chi connectivity index (χ3n) is 9.95. The van der Waals surface area contributed by atoms with Crippen molar-refractivity contribution in [2.24, 2.45) is 11.8 Å². The lowest BCUT2D eigenvalue weighted by molar-refractivity contribution is -0.384. The molecule has 0 aromatic heterocycles. The van der Waals surface area contributed by atoms with Gasteiger partial charge >= 0.3 is 24.1 Å². The smallest absolute Gasteiger partial charge is 0.411 e. The van der Waals surface area contributed by atoms with Gasteiger partial charge in [0.2, 0.25) is 11.8 Å². The Kier molecular flexibility index (Phi) is 16.6. The minimum Gasteiger partial charge on any atom is -0.465 e. The second-order valence-corrected chi connectivity index (χ2v) is 22.2. The van der Waals surface area contributed by atoms with Crippen LogP contribution in [0.5, 0.6) is 0 Å². The van der Waals surface area contributed by atoms with Crippen LogP contribution in [-0.2, 0) is 48.2 Å². The van der Waals surface area contributed by atoms with Crippen LogP contribution in [0.25, 0.3) is 0 Å². The number of nitrogens with two attached hydrogens (primary N) is 1. The van der Waals surface area contributed by atoms with E-state index < -0.39 is 100.0 Å². The van der Waals surface area contributed by atoms with E-state index in [0.717, 1.165) is 43.8 Å². The molecule has 2 aromatic carbocycles. The maximum absolute atomic E-state index is 13.5. The van der Waals surface area contributed by atoms with Crippen LogP contribution < -0.4 is 15.5 Å². The van der Waals surface area contributed by atoms with Crippen molar-refractivity contribution < 1.29 is 69.5 Å². The van der Waals surface area contributed by atoms with Crippen molar-refractivity contribution in [1.82, 2.24) is 9.80 Å². The molecule has 2 atom stereocenters. The third-order valence-corrected chi connectivity index (χ3v) is 12.2. The normalized spacial score (nSPS) is 17.3. The highest BCUT2D eigenvalue weighted by Crippen LogP contribution is 2.38. The van der Waals surface area contributed by atoms with Crippen LogP contribution in [0.1, 0.15) is 90.0 Å². The first-order valence-electron chi connectivity index (χ1n) is 20.5. The van der Waals surface area contributed by atoms with Gasteiger partial charge in [-0.2, -0.15) is 0 Å². The molecule has 2 aliphatic heterocycles.